The normalized spacial score (nSPS) is 17.7. The van der Waals surface area contributed by atoms with E-state index in [0.717, 1.165) is 17.7 Å². The van der Waals surface area contributed by atoms with Gasteiger partial charge in [-0.2, -0.15) is 0 Å². The molecule has 8 heteroatoms. The summed E-state index contributed by atoms with van der Waals surface area (Å²) in [5, 5.41) is 1.80. The van der Waals surface area contributed by atoms with Crippen LogP contribution in [0.2, 0.25) is 0 Å². The first kappa shape index (κ1) is 19.4. The standard InChI is InChI=1S/C18H23N3O5/c1-3-11(2)13-6-4-5-7-14(13)21-9-12(8-16(21)23)17(24)26-10-15(22)20-18(19)25/h4-7,11-12H,3,8-10H2,1-2H3,(H3,19,20,22,25)/t11-,12-/m0/s1. The Morgan fingerprint density at radius 3 is 2.69 bits per heavy atom. The smallest absolute Gasteiger partial charge is 0.318 e. The van der Waals surface area contributed by atoms with Crippen molar-refractivity contribution in [2.45, 2.75) is 32.6 Å². The number of nitrogens with two attached hydrogens (primary N) is 1. The third kappa shape index (κ3) is 4.59. The van der Waals surface area contributed by atoms with E-state index in [-0.39, 0.29) is 24.8 Å². The third-order valence-corrected chi connectivity index (χ3v) is 4.44. The van der Waals surface area contributed by atoms with Gasteiger partial charge in [-0.15, -0.1) is 0 Å². The number of urea groups is 1. The summed E-state index contributed by atoms with van der Waals surface area (Å²) < 4.78 is 4.88. The summed E-state index contributed by atoms with van der Waals surface area (Å²) in [6.07, 6.45) is 0.949. The molecule has 1 aliphatic heterocycles. The van der Waals surface area contributed by atoms with E-state index in [1.807, 2.05) is 24.3 Å². The Bertz CT molecular complexity index is 719. The van der Waals surface area contributed by atoms with Gasteiger partial charge in [-0.25, -0.2) is 4.79 Å². The number of hydrogen-bond acceptors (Lipinski definition) is 5. The van der Waals surface area contributed by atoms with E-state index < -0.39 is 30.4 Å². The van der Waals surface area contributed by atoms with Gasteiger partial charge in [0.25, 0.3) is 5.91 Å². The van der Waals surface area contributed by atoms with Gasteiger partial charge >= 0.3 is 12.0 Å². The van der Waals surface area contributed by atoms with E-state index in [2.05, 4.69) is 13.8 Å². The fourth-order valence-corrected chi connectivity index (χ4v) is 2.90. The number of hydrogen-bond donors (Lipinski definition) is 2. The number of anilines is 1. The van der Waals surface area contributed by atoms with Crippen LogP contribution in [0.15, 0.2) is 24.3 Å². The minimum absolute atomic E-state index is 0.0190. The van der Waals surface area contributed by atoms with Gasteiger partial charge in [-0.1, -0.05) is 32.0 Å². The van der Waals surface area contributed by atoms with E-state index in [1.54, 1.807) is 10.2 Å². The maximum atomic E-state index is 12.4. The van der Waals surface area contributed by atoms with Crippen LogP contribution in [-0.2, 0) is 19.1 Å². The van der Waals surface area contributed by atoms with Crippen molar-refractivity contribution < 1.29 is 23.9 Å². The summed E-state index contributed by atoms with van der Waals surface area (Å²) in [4.78, 5) is 48.0. The number of nitrogens with one attached hydrogen (secondary N) is 1. The zero-order valence-electron chi connectivity index (χ0n) is 14.9. The molecule has 0 saturated carbocycles. The van der Waals surface area contributed by atoms with Crippen LogP contribution in [0.5, 0.6) is 0 Å². The Morgan fingerprint density at radius 1 is 1.35 bits per heavy atom. The summed E-state index contributed by atoms with van der Waals surface area (Å²) >= 11 is 0. The number of para-hydroxylation sites is 1. The second-order valence-electron chi connectivity index (χ2n) is 6.29. The van der Waals surface area contributed by atoms with Gasteiger partial charge in [0, 0.05) is 18.7 Å². The molecule has 140 valence electrons. The SMILES string of the molecule is CC[C@H](C)c1ccccc1N1C[C@@H](C(=O)OCC(=O)NC(N)=O)CC1=O. The summed E-state index contributed by atoms with van der Waals surface area (Å²) in [5.74, 6) is -2.00. The minimum Gasteiger partial charge on any atom is -0.455 e. The highest BCUT2D eigenvalue weighted by Crippen LogP contribution is 2.33. The molecule has 0 spiro atoms. The van der Waals surface area contributed by atoms with Gasteiger partial charge < -0.3 is 15.4 Å². The number of amides is 4. The number of imide groups is 1. The number of nitrogens with zero attached hydrogens (tertiary/aromatic N) is 1. The third-order valence-electron chi connectivity index (χ3n) is 4.44. The van der Waals surface area contributed by atoms with Crippen molar-refractivity contribution in [3.8, 4) is 0 Å². The number of esters is 1. The van der Waals surface area contributed by atoms with Gasteiger partial charge in [0.05, 0.1) is 5.92 Å². The maximum Gasteiger partial charge on any atom is 0.318 e. The molecule has 0 aromatic heterocycles. The van der Waals surface area contributed by atoms with Crippen molar-refractivity contribution in [2.24, 2.45) is 11.7 Å². The molecule has 1 saturated heterocycles. The van der Waals surface area contributed by atoms with Crippen molar-refractivity contribution in [1.82, 2.24) is 5.32 Å². The summed E-state index contributed by atoms with van der Waals surface area (Å²) in [7, 11) is 0. The minimum atomic E-state index is -1.02. The molecule has 26 heavy (non-hydrogen) atoms. The highest BCUT2D eigenvalue weighted by Gasteiger charge is 2.37. The highest BCUT2D eigenvalue weighted by atomic mass is 16.5. The molecule has 8 nitrogen and oxygen atoms in total. The van der Waals surface area contributed by atoms with Crippen LogP contribution in [0.1, 0.15) is 38.2 Å². The van der Waals surface area contributed by atoms with Crippen molar-refractivity contribution in [3.05, 3.63) is 29.8 Å². The predicted octanol–water partition coefficient (Wildman–Crippen LogP) is 1.29. The number of rotatable bonds is 6. The first-order chi connectivity index (χ1) is 12.3. The Morgan fingerprint density at radius 2 is 2.04 bits per heavy atom. The number of carbonyl (C=O) groups is 4. The number of primary amides is 1. The highest BCUT2D eigenvalue weighted by molar-refractivity contribution is 6.00. The zero-order chi connectivity index (χ0) is 19.3. The van der Waals surface area contributed by atoms with E-state index in [9.17, 15) is 19.2 Å². The van der Waals surface area contributed by atoms with Crippen LogP contribution in [0, 0.1) is 5.92 Å². The van der Waals surface area contributed by atoms with Crippen molar-refractivity contribution in [1.29, 1.82) is 0 Å². The number of carbonyl (C=O) groups excluding carboxylic acids is 4. The molecule has 4 amide bonds. The second kappa shape index (κ2) is 8.46. The molecule has 1 aromatic rings. The quantitative estimate of drug-likeness (QED) is 0.740. The summed E-state index contributed by atoms with van der Waals surface area (Å²) in [6.45, 7) is 3.74. The molecule has 0 bridgehead atoms. The second-order valence-corrected chi connectivity index (χ2v) is 6.29. The lowest BCUT2D eigenvalue weighted by Gasteiger charge is -2.23. The topological polar surface area (TPSA) is 119 Å². The lowest BCUT2D eigenvalue weighted by molar-refractivity contribution is -0.152. The van der Waals surface area contributed by atoms with Crippen molar-refractivity contribution in [2.75, 3.05) is 18.1 Å². The van der Waals surface area contributed by atoms with Crippen molar-refractivity contribution in [3.63, 3.8) is 0 Å². The zero-order valence-corrected chi connectivity index (χ0v) is 14.9. The summed E-state index contributed by atoms with van der Waals surface area (Å²) in [5.41, 5.74) is 6.66. The van der Waals surface area contributed by atoms with Gasteiger partial charge in [-0.05, 0) is 24.0 Å². The Hall–Kier alpha value is -2.90. The average Bonchev–Trinajstić information content (AvgIpc) is 3.00. The molecule has 1 fully saturated rings. The van der Waals surface area contributed by atoms with Gasteiger partial charge in [0.15, 0.2) is 6.61 Å². The summed E-state index contributed by atoms with van der Waals surface area (Å²) in [6, 6.07) is 6.61. The van der Waals surface area contributed by atoms with Crippen LogP contribution in [0.4, 0.5) is 10.5 Å². The van der Waals surface area contributed by atoms with E-state index >= 15 is 0 Å². The molecule has 1 aromatic carbocycles. The predicted molar refractivity (Wildman–Crippen MR) is 94.3 cm³/mol. The van der Waals surface area contributed by atoms with Gasteiger partial charge in [0.2, 0.25) is 5.91 Å². The first-order valence-corrected chi connectivity index (χ1v) is 8.48. The molecule has 1 aliphatic rings. The first-order valence-electron chi connectivity index (χ1n) is 8.48. The molecule has 1 heterocycles. The van der Waals surface area contributed by atoms with Crippen LogP contribution < -0.4 is 16.0 Å². The molecular weight excluding hydrogens is 338 g/mol. The van der Waals surface area contributed by atoms with Gasteiger partial charge in [0.1, 0.15) is 0 Å². The molecule has 0 aliphatic carbocycles. The lowest BCUT2D eigenvalue weighted by atomic mass is 9.96. The fourth-order valence-electron chi connectivity index (χ4n) is 2.90. The fraction of sp³-hybridized carbons (Fsp3) is 0.444. The monoisotopic (exact) mass is 361 g/mol. The molecule has 2 atom stereocenters. The van der Waals surface area contributed by atoms with Crippen LogP contribution in [-0.4, -0.2) is 37.0 Å². The van der Waals surface area contributed by atoms with Crippen LogP contribution >= 0.6 is 0 Å². The largest absolute Gasteiger partial charge is 0.455 e. The van der Waals surface area contributed by atoms with E-state index in [0.29, 0.717) is 0 Å². The molecular formula is C18H23N3O5. The molecule has 2 rings (SSSR count). The Labute approximate surface area is 151 Å². The number of benzene rings is 1. The molecule has 0 radical (unpaired) electrons. The molecule has 0 unspecified atom stereocenters. The van der Waals surface area contributed by atoms with Gasteiger partial charge in [-0.3, -0.25) is 19.7 Å². The van der Waals surface area contributed by atoms with Crippen molar-refractivity contribution >= 4 is 29.5 Å². The van der Waals surface area contributed by atoms with Crippen LogP contribution in [0.3, 0.4) is 0 Å². The lowest BCUT2D eigenvalue weighted by Crippen LogP contribution is -2.38. The number of ether oxygens (including phenoxy) is 1. The Balaban J connectivity index is 2.04. The Kier molecular flexibility index (Phi) is 6.32. The van der Waals surface area contributed by atoms with E-state index in [4.69, 9.17) is 10.5 Å². The van der Waals surface area contributed by atoms with Crippen LogP contribution in [0.25, 0.3) is 0 Å². The van der Waals surface area contributed by atoms with E-state index in [1.165, 1.54) is 0 Å². The molecule has 3 N–H and O–H groups in total. The average molecular weight is 361 g/mol. The maximum absolute atomic E-state index is 12.4.